The molecule has 2 saturated carbocycles. The maximum Gasteiger partial charge on any atom is 0.224 e. The van der Waals surface area contributed by atoms with Crippen molar-refractivity contribution >= 4 is 23.1 Å². The van der Waals surface area contributed by atoms with Crippen LogP contribution in [0.4, 0.5) is 0 Å². The third kappa shape index (κ3) is 1.95. The zero-order chi connectivity index (χ0) is 12.0. The van der Waals surface area contributed by atoms with E-state index in [9.17, 15) is 4.79 Å². The van der Waals surface area contributed by atoms with E-state index < -0.39 is 0 Å². The Hall–Kier alpha value is -0.640. The maximum atomic E-state index is 12.1. The highest BCUT2D eigenvalue weighted by atomic mass is 32.1. The number of rotatable bonds is 3. The van der Waals surface area contributed by atoms with Crippen LogP contribution in [0.1, 0.15) is 46.0 Å². The fourth-order valence-electron chi connectivity index (χ4n) is 2.65. The molecule has 0 heterocycles. The standard InChI is InChI=1S/C12H20N2OS/c1-11(2)7-8(11)9(15)14-12(10(13)16)5-3-4-6-12/h8H,3-7H2,1-2H3,(H2,13,16)(H,14,15). The summed E-state index contributed by atoms with van der Waals surface area (Å²) in [5, 5.41) is 3.10. The van der Waals surface area contributed by atoms with Gasteiger partial charge in [0.05, 0.1) is 10.5 Å². The van der Waals surface area contributed by atoms with Crippen LogP contribution >= 0.6 is 12.2 Å². The molecule has 0 spiro atoms. The van der Waals surface area contributed by atoms with Gasteiger partial charge in [0.2, 0.25) is 5.91 Å². The van der Waals surface area contributed by atoms with Gasteiger partial charge in [-0.2, -0.15) is 0 Å². The second kappa shape index (κ2) is 3.69. The Balaban J connectivity index is 2.02. The lowest BCUT2D eigenvalue weighted by molar-refractivity contribution is -0.124. The number of thiocarbonyl (C=S) groups is 1. The minimum Gasteiger partial charge on any atom is -0.391 e. The Morgan fingerprint density at radius 1 is 1.38 bits per heavy atom. The number of hydrogen-bond donors (Lipinski definition) is 2. The fraction of sp³-hybridized carbons (Fsp3) is 0.833. The highest BCUT2D eigenvalue weighted by Gasteiger charge is 2.52. The molecule has 0 aromatic carbocycles. The van der Waals surface area contributed by atoms with Crippen molar-refractivity contribution in [1.82, 2.24) is 5.32 Å². The Morgan fingerprint density at radius 3 is 2.25 bits per heavy atom. The predicted octanol–water partition coefficient (Wildman–Crippen LogP) is 1.75. The van der Waals surface area contributed by atoms with E-state index >= 15 is 0 Å². The molecular formula is C12H20N2OS. The zero-order valence-corrected chi connectivity index (χ0v) is 10.8. The first kappa shape index (κ1) is 11.8. The van der Waals surface area contributed by atoms with Gasteiger partial charge in [0.25, 0.3) is 0 Å². The van der Waals surface area contributed by atoms with Crippen LogP contribution in [0.15, 0.2) is 0 Å². The van der Waals surface area contributed by atoms with E-state index in [1.54, 1.807) is 0 Å². The second-order valence-electron chi connectivity index (χ2n) is 5.89. The van der Waals surface area contributed by atoms with Gasteiger partial charge in [-0.15, -0.1) is 0 Å². The van der Waals surface area contributed by atoms with Gasteiger partial charge in [0.15, 0.2) is 0 Å². The van der Waals surface area contributed by atoms with Gasteiger partial charge in [-0.25, -0.2) is 0 Å². The molecule has 4 heteroatoms. The van der Waals surface area contributed by atoms with Gasteiger partial charge in [-0.3, -0.25) is 4.79 Å². The summed E-state index contributed by atoms with van der Waals surface area (Å²) in [5.41, 5.74) is 5.57. The average molecular weight is 240 g/mol. The molecular weight excluding hydrogens is 220 g/mol. The number of hydrogen-bond acceptors (Lipinski definition) is 2. The predicted molar refractivity (Wildman–Crippen MR) is 68.0 cm³/mol. The SMILES string of the molecule is CC1(C)CC1C(=O)NC1(C(N)=S)CCCC1. The summed E-state index contributed by atoms with van der Waals surface area (Å²) in [6, 6.07) is 0. The topological polar surface area (TPSA) is 55.1 Å². The van der Waals surface area contributed by atoms with E-state index in [-0.39, 0.29) is 22.8 Å². The molecule has 1 atom stereocenters. The molecule has 3 nitrogen and oxygen atoms in total. The number of carbonyl (C=O) groups is 1. The Morgan fingerprint density at radius 2 is 1.88 bits per heavy atom. The molecule has 1 unspecified atom stereocenters. The molecule has 0 aromatic rings. The second-order valence-corrected chi connectivity index (χ2v) is 6.33. The summed E-state index contributed by atoms with van der Waals surface area (Å²) in [4.78, 5) is 12.5. The lowest BCUT2D eigenvalue weighted by Gasteiger charge is -2.29. The third-order valence-electron chi connectivity index (χ3n) is 4.12. The normalized spacial score (nSPS) is 29.8. The molecule has 2 rings (SSSR count). The Bertz CT molecular complexity index is 332. The van der Waals surface area contributed by atoms with Crippen LogP contribution in [-0.2, 0) is 4.79 Å². The maximum absolute atomic E-state index is 12.1. The molecule has 2 aliphatic carbocycles. The zero-order valence-electron chi connectivity index (χ0n) is 10.0. The van der Waals surface area contributed by atoms with Gasteiger partial charge < -0.3 is 11.1 Å². The molecule has 0 aliphatic heterocycles. The molecule has 2 fully saturated rings. The number of carbonyl (C=O) groups excluding carboxylic acids is 1. The van der Waals surface area contributed by atoms with E-state index in [0.717, 1.165) is 32.1 Å². The minimum absolute atomic E-state index is 0.139. The van der Waals surface area contributed by atoms with Crippen LogP contribution in [0.2, 0.25) is 0 Å². The van der Waals surface area contributed by atoms with Crippen LogP contribution in [0.25, 0.3) is 0 Å². The third-order valence-corrected chi connectivity index (χ3v) is 4.51. The van der Waals surface area contributed by atoms with Crippen LogP contribution in [-0.4, -0.2) is 16.4 Å². The first-order valence-electron chi connectivity index (χ1n) is 5.99. The first-order chi connectivity index (χ1) is 7.37. The summed E-state index contributed by atoms with van der Waals surface area (Å²) in [6.07, 6.45) is 4.99. The smallest absolute Gasteiger partial charge is 0.224 e. The van der Waals surface area contributed by atoms with Crippen molar-refractivity contribution < 1.29 is 4.79 Å². The van der Waals surface area contributed by atoms with Crippen molar-refractivity contribution in [3.8, 4) is 0 Å². The summed E-state index contributed by atoms with van der Waals surface area (Å²) in [5.74, 6) is 0.291. The van der Waals surface area contributed by atoms with Crippen molar-refractivity contribution in [3.05, 3.63) is 0 Å². The summed E-state index contributed by atoms with van der Waals surface area (Å²) >= 11 is 5.11. The number of amides is 1. The van der Waals surface area contributed by atoms with Gasteiger partial charge >= 0.3 is 0 Å². The van der Waals surface area contributed by atoms with Gasteiger partial charge in [-0.1, -0.05) is 38.9 Å². The highest BCUT2D eigenvalue weighted by Crippen LogP contribution is 2.52. The van der Waals surface area contributed by atoms with Gasteiger partial charge in [0, 0.05) is 5.92 Å². The number of nitrogens with one attached hydrogen (secondary N) is 1. The summed E-state index contributed by atoms with van der Waals surface area (Å²) < 4.78 is 0. The molecule has 0 bridgehead atoms. The van der Waals surface area contributed by atoms with Crippen molar-refractivity contribution in [3.63, 3.8) is 0 Å². The van der Waals surface area contributed by atoms with Crippen molar-refractivity contribution in [1.29, 1.82) is 0 Å². The molecule has 0 radical (unpaired) electrons. The largest absolute Gasteiger partial charge is 0.391 e. The van der Waals surface area contributed by atoms with E-state index in [0.29, 0.717) is 4.99 Å². The van der Waals surface area contributed by atoms with Crippen LogP contribution in [0.3, 0.4) is 0 Å². The first-order valence-corrected chi connectivity index (χ1v) is 6.40. The molecule has 2 aliphatic rings. The van der Waals surface area contributed by atoms with Crippen molar-refractivity contribution in [2.75, 3.05) is 0 Å². The minimum atomic E-state index is -0.384. The summed E-state index contributed by atoms with van der Waals surface area (Å²) in [6.45, 7) is 4.25. The lowest BCUT2D eigenvalue weighted by Crippen LogP contribution is -2.55. The number of nitrogens with two attached hydrogens (primary N) is 1. The van der Waals surface area contributed by atoms with Gasteiger partial charge in [0.1, 0.15) is 0 Å². The van der Waals surface area contributed by atoms with Crippen LogP contribution < -0.4 is 11.1 Å². The van der Waals surface area contributed by atoms with Crippen molar-refractivity contribution in [2.45, 2.75) is 51.5 Å². The molecule has 3 N–H and O–H groups in total. The van der Waals surface area contributed by atoms with E-state index in [2.05, 4.69) is 19.2 Å². The molecule has 0 aromatic heterocycles. The Kier molecular flexibility index (Phi) is 2.73. The summed E-state index contributed by atoms with van der Waals surface area (Å²) in [7, 11) is 0. The molecule has 0 saturated heterocycles. The molecule has 90 valence electrons. The lowest BCUT2D eigenvalue weighted by atomic mass is 9.96. The van der Waals surface area contributed by atoms with E-state index in [1.165, 1.54) is 0 Å². The van der Waals surface area contributed by atoms with Gasteiger partial charge in [-0.05, 0) is 24.7 Å². The fourth-order valence-corrected chi connectivity index (χ4v) is 2.90. The van der Waals surface area contributed by atoms with E-state index in [4.69, 9.17) is 18.0 Å². The quantitative estimate of drug-likeness (QED) is 0.739. The van der Waals surface area contributed by atoms with Crippen molar-refractivity contribution in [2.24, 2.45) is 17.1 Å². The molecule has 1 amide bonds. The van der Waals surface area contributed by atoms with Crippen LogP contribution in [0.5, 0.6) is 0 Å². The highest BCUT2D eigenvalue weighted by molar-refractivity contribution is 7.80. The Labute approximate surface area is 102 Å². The van der Waals surface area contributed by atoms with E-state index in [1.807, 2.05) is 0 Å². The average Bonchev–Trinajstić information content (AvgIpc) is 2.63. The van der Waals surface area contributed by atoms with Crippen LogP contribution in [0, 0.1) is 11.3 Å². The monoisotopic (exact) mass is 240 g/mol. The molecule has 16 heavy (non-hydrogen) atoms.